The third-order valence-electron chi connectivity index (χ3n) is 2.62. The molecule has 100 valence electrons. The number of nitrogens with zero attached hydrogens (tertiary/aromatic N) is 3. The van der Waals surface area contributed by atoms with Crippen molar-refractivity contribution in [2.75, 3.05) is 18.5 Å². The van der Waals surface area contributed by atoms with Crippen LogP contribution in [0.1, 0.15) is 17.3 Å². The van der Waals surface area contributed by atoms with Crippen LogP contribution in [0.15, 0.2) is 18.2 Å². The summed E-state index contributed by atoms with van der Waals surface area (Å²) in [5, 5.41) is 28.4. The van der Waals surface area contributed by atoms with Crippen LogP contribution in [0.5, 0.6) is 0 Å². The van der Waals surface area contributed by atoms with Crippen LogP contribution in [0.3, 0.4) is 0 Å². The summed E-state index contributed by atoms with van der Waals surface area (Å²) in [5.41, 5.74) is -0.309. The zero-order valence-electron chi connectivity index (χ0n) is 10.5. The summed E-state index contributed by atoms with van der Waals surface area (Å²) in [7, 11) is 1.69. The predicted molar refractivity (Wildman–Crippen MR) is 68.1 cm³/mol. The fourth-order valence-electron chi connectivity index (χ4n) is 1.65. The fourth-order valence-corrected chi connectivity index (χ4v) is 1.65. The van der Waals surface area contributed by atoms with E-state index in [1.165, 1.54) is 18.2 Å². The van der Waals surface area contributed by atoms with Crippen LogP contribution in [0, 0.1) is 27.4 Å². The Labute approximate surface area is 109 Å². The number of nitro groups is 1. The number of hydrogen-bond acceptors (Lipinski definition) is 5. The summed E-state index contributed by atoms with van der Waals surface area (Å²) < 4.78 is 0. The molecule has 19 heavy (non-hydrogen) atoms. The van der Waals surface area contributed by atoms with Gasteiger partial charge in [-0.05, 0) is 19.1 Å². The highest BCUT2D eigenvalue weighted by Gasteiger charge is 2.21. The maximum atomic E-state index is 10.9. The molecule has 0 saturated carbocycles. The Morgan fingerprint density at radius 2 is 2.26 bits per heavy atom. The highest BCUT2D eigenvalue weighted by molar-refractivity contribution is 5.93. The molecule has 1 aromatic rings. The van der Waals surface area contributed by atoms with Gasteiger partial charge in [0.2, 0.25) is 0 Å². The largest absolute Gasteiger partial charge is 0.477 e. The molecule has 1 atom stereocenters. The average molecular weight is 263 g/mol. The lowest BCUT2D eigenvalue weighted by atomic mass is 10.1. The van der Waals surface area contributed by atoms with Crippen molar-refractivity contribution in [3.63, 3.8) is 0 Å². The Morgan fingerprint density at radius 3 is 2.74 bits per heavy atom. The van der Waals surface area contributed by atoms with Gasteiger partial charge in [0.25, 0.3) is 5.69 Å². The van der Waals surface area contributed by atoms with Crippen molar-refractivity contribution in [3.8, 4) is 6.07 Å². The molecule has 7 nitrogen and oxygen atoms in total. The zero-order valence-corrected chi connectivity index (χ0v) is 10.5. The molecule has 0 aliphatic rings. The third kappa shape index (κ3) is 3.42. The van der Waals surface area contributed by atoms with Crippen LogP contribution in [0.25, 0.3) is 0 Å². The second-order valence-corrected chi connectivity index (χ2v) is 4.17. The van der Waals surface area contributed by atoms with Crippen LogP contribution >= 0.6 is 0 Å². The Bertz CT molecular complexity index is 550. The van der Waals surface area contributed by atoms with E-state index in [4.69, 9.17) is 10.4 Å². The van der Waals surface area contributed by atoms with E-state index >= 15 is 0 Å². The number of nitriles is 1. The number of aromatic carboxylic acids is 1. The molecule has 0 saturated heterocycles. The van der Waals surface area contributed by atoms with Crippen LogP contribution in [-0.2, 0) is 0 Å². The number of hydrogen-bond donors (Lipinski definition) is 1. The molecule has 0 radical (unpaired) electrons. The molecule has 0 amide bonds. The van der Waals surface area contributed by atoms with E-state index in [0.29, 0.717) is 12.2 Å². The number of carbonyl (C=O) groups is 1. The first-order valence-electron chi connectivity index (χ1n) is 5.49. The lowest BCUT2D eigenvalue weighted by Crippen LogP contribution is -2.23. The molecule has 1 aromatic carbocycles. The van der Waals surface area contributed by atoms with Crippen molar-refractivity contribution in [3.05, 3.63) is 33.9 Å². The third-order valence-corrected chi connectivity index (χ3v) is 2.62. The Kier molecular flexibility index (Phi) is 4.42. The van der Waals surface area contributed by atoms with E-state index in [9.17, 15) is 14.9 Å². The smallest absolute Gasteiger partial charge is 0.342 e. The number of anilines is 1. The topological polar surface area (TPSA) is 107 Å². The van der Waals surface area contributed by atoms with Gasteiger partial charge in [-0.3, -0.25) is 10.1 Å². The summed E-state index contributed by atoms with van der Waals surface area (Å²) in [6.07, 6.45) is 0. The van der Waals surface area contributed by atoms with Gasteiger partial charge in [-0.2, -0.15) is 5.26 Å². The van der Waals surface area contributed by atoms with E-state index in [1.54, 1.807) is 18.9 Å². The van der Waals surface area contributed by atoms with Gasteiger partial charge in [0.15, 0.2) is 0 Å². The first kappa shape index (κ1) is 14.4. The molecule has 7 heteroatoms. The Balaban J connectivity index is 3.12. The van der Waals surface area contributed by atoms with Gasteiger partial charge in [-0.1, -0.05) is 0 Å². The number of benzene rings is 1. The van der Waals surface area contributed by atoms with Gasteiger partial charge in [0, 0.05) is 25.3 Å². The minimum absolute atomic E-state index is 0.233. The second-order valence-electron chi connectivity index (χ2n) is 4.17. The van der Waals surface area contributed by atoms with Gasteiger partial charge in [-0.15, -0.1) is 0 Å². The maximum Gasteiger partial charge on any atom is 0.342 e. The van der Waals surface area contributed by atoms with Crippen molar-refractivity contribution < 1.29 is 14.8 Å². The molecular formula is C12H13N3O4. The monoisotopic (exact) mass is 263 g/mol. The summed E-state index contributed by atoms with van der Waals surface area (Å²) in [4.78, 5) is 22.7. The van der Waals surface area contributed by atoms with Crippen molar-refractivity contribution >= 4 is 17.3 Å². The first-order valence-corrected chi connectivity index (χ1v) is 5.49. The van der Waals surface area contributed by atoms with Crippen LogP contribution in [0.2, 0.25) is 0 Å². The zero-order chi connectivity index (χ0) is 14.6. The highest BCUT2D eigenvalue weighted by Crippen LogP contribution is 2.25. The lowest BCUT2D eigenvalue weighted by Gasteiger charge is -2.20. The average Bonchev–Trinajstić information content (AvgIpc) is 2.37. The summed E-state index contributed by atoms with van der Waals surface area (Å²) in [5.74, 6) is -1.57. The lowest BCUT2D eigenvalue weighted by molar-refractivity contribution is -0.385. The van der Waals surface area contributed by atoms with Crippen LogP contribution in [-0.4, -0.2) is 29.6 Å². The molecule has 0 aromatic heterocycles. The summed E-state index contributed by atoms with van der Waals surface area (Å²) >= 11 is 0. The normalized spacial score (nSPS) is 11.4. The number of rotatable bonds is 5. The van der Waals surface area contributed by atoms with Crippen molar-refractivity contribution in [2.24, 2.45) is 5.92 Å². The quantitative estimate of drug-likeness (QED) is 0.642. The SMILES string of the molecule is CC(C#N)CN(C)c1ccc(C(=O)O)c([N+](=O)[O-])c1. The molecule has 0 spiro atoms. The van der Waals surface area contributed by atoms with E-state index in [2.05, 4.69) is 6.07 Å². The molecule has 0 bridgehead atoms. The summed E-state index contributed by atoms with van der Waals surface area (Å²) in [6.45, 7) is 2.14. The molecule has 0 aliphatic heterocycles. The maximum absolute atomic E-state index is 10.9. The van der Waals surface area contributed by atoms with Crippen LogP contribution in [0.4, 0.5) is 11.4 Å². The van der Waals surface area contributed by atoms with Gasteiger partial charge in [-0.25, -0.2) is 4.79 Å². The van der Waals surface area contributed by atoms with E-state index in [0.717, 1.165) is 0 Å². The van der Waals surface area contributed by atoms with Crippen LogP contribution < -0.4 is 4.90 Å². The van der Waals surface area contributed by atoms with Gasteiger partial charge < -0.3 is 10.0 Å². The number of carboxylic acids is 1. The van der Waals surface area contributed by atoms with E-state index < -0.39 is 16.6 Å². The minimum Gasteiger partial charge on any atom is -0.477 e. The van der Waals surface area contributed by atoms with E-state index in [-0.39, 0.29) is 11.5 Å². The molecule has 0 aliphatic carbocycles. The Hall–Kier alpha value is -2.62. The summed E-state index contributed by atoms with van der Waals surface area (Å²) in [6, 6.07) is 5.95. The molecule has 1 unspecified atom stereocenters. The molecule has 0 heterocycles. The number of nitro benzene ring substituents is 1. The molecule has 0 fully saturated rings. The first-order chi connectivity index (χ1) is 8.86. The second kappa shape index (κ2) is 5.82. The molecule has 1 N–H and O–H groups in total. The van der Waals surface area contributed by atoms with Crippen molar-refractivity contribution in [2.45, 2.75) is 6.92 Å². The minimum atomic E-state index is -1.34. The highest BCUT2D eigenvalue weighted by atomic mass is 16.6. The number of carboxylic acid groups (broad SMARTS) is 1. The predicted octanol–water partition coefficient (Wildman–Crippen LogP) is 1.89. The molecule has 1 rings (SSSR count). The van der Waals surface area contributed by atoms with E-state index in [1.807, 2.05) is 0 Å². The van der Waals surface area contributed by atoms with Gasteiger partial charge in [0.05, 0.1) is 16.9 Å². The van der Waals surface area contributed by atoms with Crippen molar-refractivity contribution in [1.29, 1.82) is 5.26 Å². The van der Waals surface area contributed by atoms with Gasteiger partial charge >= 0.3 is 5.97 Å². The standard InChI is InChI=1S/C12H13N3O4/c1-8(6-13)7-14(2)9-3-4-10(12(16)17)11(5-9)15(18)19/h3-5,8H,7H2,1-2H3,(H,16,17). The van der Waals surface area contributed by atoms with Crippen molar-refractivity contribution in [1.82, 2.24) is 0 Å². The molecular weight excluding hydrogens is 250 g/mol. The fraction of sp³-hybridized carbons (Fsp3) is 0.333. The van der Waals surface area contributed by atoms with Gasteiger partial charge in [0.1, 0.15) is 5.56 Å². The Morgan fingerprint density at radius 1 is 1.63 bits per heavy atom.